The van der Waals surface area contributed by atoms with Gasteiger partial charge in [0.05, 0.1) is 6.33 Å². The SMILES string of the molecule is Cc1ccccc1N1CCN(c2cc(=O)n(C)cn2)CC1. The summed E-state index contributed by atoms with van der Waals surface area (Å²) in [5.74, 6) is 0.780. The molecule has 1 aliphatic rings. The molecule has 110 valence electrons. The molecule has 0 radical (unpaired) electrons. The van der Waals surface area contributed by atoms with Crippen molar-refractivity contribution in [2.75, 3.05) is 36.0 Å². The first kappa shape index (κ1) is 13.7. The molecule has 3 rings (SSSR count). The van der Waals surface area contributed by atoms with Gasteiger partial charge >= 0.3 is 0 Å². The monoisotopic (exact) mass is 284 g/mol. The Morgan fingerprint density at radius 2 is 1.71 bits per heavy atom. The molecule has 0 aliphatic carbocycles. The first-order chi connectivity index (χ1) is 10.1. The van der Waals surface area contributed by atoms with Gasteiger partial charge in [-0.25, -0.2) is 4.98 Å². The number of para-hydroxylation sites is 1. The van der Waals surface area contributed by atoms with Gasteiger partial charge in [0.2, 0.25) is 0 Å². The number of nitrogens with zero attached hydrogens (tertiary/aromatic N) is 4. The first-order valence-corrected chi connectivity index (χ1v) is 7.23. The van der Waals surface area contributed by atoms with Crippen LogP contribution in [-0.2, 0) is 7.05 Å². The molecule has 0 amide bonds. The minimum absolute atomic E-state index is 0.0127. The molecule has 2 heterocycles. The summed E-state index contributed by atoms with van der Waals surface area (Å²) in [6, 6.07) is 10.1. The lowest BCUT2D eigenvalue weighted by atomic mass is 10.1. The Labute approximate surface area is 124 Å². The molecule has 1 fully saturated rings. The van der Waals surface area contributed by atoms with Gasteiger partial charge in [0.1, 0.15) is 5.82 Å². The third-order valence-corrected chi connectivity index (χ3v) is 4.02. The highest BCUT2D eigenvalue weighted by atomic mass is 16.1. The molecule has 0 unspecified atom stereocenters. The molecule has 0 atom stereocenters. The second kappa shape index (κ2) is 5.60. The molecule has 2 aromatic rings. The molecule has 5 heteroatoms. The van der Waals surface area contributed by atoms with E-state index in [4.69, 9.17) is 0 Å². The number of aryl methyl sites for hydroxylation is 2. The largest absolute Gasteiger partial charge is 0.368 e. The Morgan fingerprint density at radius 3 is 2.38 bits per heavy atom. The molecule has 1 aliphatic heterocycles. The molecule has 1 aromatic heterocycles. The summed E-state index contributed by atoms with van der Waals surface area (Å²) < 4.78 is 1.49. The van der Waals surface area contributed by atoms with Crippen molar-refractivity contribution in [3.63, 3.8) is 0 Å². The van der Waals surface area contributed by atoms with Crippen LogP contribution in [0.2, 0.25) is 0 Å². The Hall–Kier alpha value is -2.30. The summed E-state index contributed by atoms with van der Waals surface area (Å²) >= 11 is 0. The van der Waals surface area contributed by atoms with Gasteiger partial charge in [0, 0.05) is 45.0 Å². The predicted molar refractivity (Wildman–Crippen MR) is 85.1 cm³/mol. The van der Waals surface area contributed by atoms with Crippen LogP contribution < -0.4 is 15.4 Å². The van der Waals surface area contributed by atoms with Crippen LogP contribution in [0.15, 0.2) is 41.5 Å². The lowest BCUT2D eigenvalue weighted by Crippen LogP contribution is -2.47. The van der Waals surface area contributed by atoms with Crippen LogP contribution in [0.3, 0.4) is 0 Å². The predicted octanol–water partition coefficient (Wildman–Crippen LogP) is 1.42. The normalized spacial score (nSPS) is 15.3. The van der Waals surface area contributed by atoms with E-state index in [2.05, 4.69) is 46.0 Å². The van der Waals surface area contributed by atoms with Gasteiger partial charge in [-0.2, -0.15) is 0 Å². The maximum atomic E-state index is 11.7. The first-order valence-electron chi connectivity index (χ1n) is 7.23. The summed E-state index contributed by atoms with van der Waals surface area (Å²) in [5, 5.41) is 0. The Bertz CT molecular complexity index is 687. The van der Waals surface area contributed by atoms with Gasteiger partial charge in [0.25, 0.3) is 5.56 Å². The highest BCUT2D eigenvalue weighted by Crippen LogP contribution is 2.21. The molecule has 0 spiro atoms. The number of anilines is 2. The smallest absolute Gasteiger partial charge is 0.255 e. The van der Waals surface area contributed by atoms with E-state index in [1.54, 1.807) is 19.4 Å². The van der Waals surface area contributed by atoms with E-state index >= 15 is 0 Å². The number of benzene rings is 1. The van der Waals surface area contributed by atoms with Crippen LogP contribution in [0, 0.1) is 6.92 Å². The molecule has 0 N–H and O–H groups in total. The summed E-state index contributed by atoms with van der Waals surface area (Å²) in [5.41, 5.74) is 2.59. The number of hydrogen-bond donors (Lipinski definition) is 0. The van der Waals surface area contributed by atoms with Crippen molar-refractivity contribution in [3.05, 3.63) is 52.6 Å². The topological polar surface area (TPSA) is 41.4 Å². The maximum absolute atomic E-state index is 11.7. The lowest BCUT2D eigenvalue weighted by Gasteiger charge is -2.37. The third kappa shape index (κ3) is 2.77. The van der Waals surface area contributed by atoms with Crippen molar-refractivity contribution >= 4 is 11.5 Å². The van der Waals surface area contributed by atoms with Crippen LogP contribution in [-0.4, -0.2) is 35.7 Å². The molecule has 1 saturated heterocycles. The zero-order valence-electron chi connectivity index (χ0n) is 12.5. The Balaban J connectivity index is 1.72. The van der Waals surface area contributed by atoms with E-state index in [9.17, 15) is 4.79 Å². The van der Waals surface area contributed by atoms with Gasteiger partial charge in [-0.1, -0.05) is 18.2 Å². The number of rotatable bonds is 2. The highest BCUT2D eigenvalue weighted by molar-refractivity contribution is 5.54. The minimum Gasteiger partial charge on any atom is -0.368 e. The van der Waals surface area contributed by atoms with Gasteiger partial charge in [-0.15, -0.1) is 0 Å². The van der Waals surface area contributed by atoms with Gasteiger partial charge in [-0.05, 0) is 18.6 Å². The van der Waals surface area contributed by atoms with Crippen molar-refractivity contribution in [1.29, 1.82) is 0 Å². The van der Waals surface area contributed by atoms with Crippen LogP contribution in [0.1, 0.15) is 5.56 Å². The summed E-state index contributed by atoms with van der Waals surface area (Å²) in [7, 11) is 1.72. The fourth-order valence-corrected chi connectivity index (χ4v) is 2.72. The fraction of sp³-hybridized carbons (Fsp3) is 0.375. The molecule has 0 bridgehead atoms. The van der Waals surface area contributed by atoms with Crippen molar-refractivity contribution in [1.82, 2.24) is 9.55 Å². The molecule has 1 aromatic carbocycles. The number of piperazine rings is 1. The molecular weight excluding hydrogens is 264 g/mol. The maximum Gasteiger partial charge on any atom is 0.255 e. The number of aromatic nitrogens is 2. The summed E-state index contributed by atoms with van der Waals surface area (Å²) in [4.78, 5) is 20.6. The van der Waals surface area contributed by atoms with E-state index < -0.39 is 0 Å². The summed E-state index contributed by atoms with van der Waals surface area (Å²) in [6.07, 6.45) is 1.59. The Kier molecular flexibility index (Phi) is 3.64. The molecular formula is C16H20N4O. The lowest BCUT2D eigenvalue weighted by molar-refractivity contribution is 0.642. The second-order valence-electron chi connectivity index (χ2n) is 5.46. The molecule has 0 saturated carbocycles. The Morgan fingerprint density at radius 1 is 1.05 bits per heavy atom. The number of hydrogen-bond acceptors (Lipinski definition) is 4. The highest BCUT2D eigenvalue weighted by Gasteiger charge is 2.19. The molecule has 21 heavy (non-hydrogen) atoms. The molecule has 5 nitrogen and oxygen atoms in total. The van der Waals surface area contributed by atoms with E-state index in [1.165, 1.54) is 15.8 Å². The van der Waals surface area contributed by atoms with E-state index in [-0.39, 0.29) is 5.56 Å². The van der Waals surface area contributed by atoms with Crippen LogP contribution in [0.25, 0.3) is 0 Å². The van der Waals surface area contributed by atoms with Gasteiger partial charge in [-0.3, -0.25) is 4.79 Å². The van der Waals surface area contributed by atoms with Crippen LogP contribution in [0.5, 0.6) is 0 Å². The van der Waals surface area contributed by atoms with Crippen molar-refractivity contribution in [3.8, 4) is 0 Å². The fourth-order valence-electron chi connectivity index (χ4n) is 2.72. The van der Waals surface area contributed by atoms with Gasteiger partial charge in [0.15, 0.2) is 0 Å². The van der Waals surface area contributed by atoms with Crippen molar-refractivity contribution < 1.29 is 0 Å². The van der Waals surface area contributed by atoms with Crippen LogP contribution >= 0.6 is 0 Å². The second-order valence-corrected chi connectivity index (χ2v) is 5.46. The van der Waals surface area contributed by atoms with E-state index in [0.29, 0.717) is 0 Å². The van der Waals surface area contributed by atoms with E-state index in [1.807, 2.05) is 0 Å². The zero-order chi connectivity index (χ0) is 14.8. The average molecular weight is 284 g/mol. The van der Waals surface area contributed by atoms with E-state index in [0.717, 1.165) is 32.0 Å². The summed E-state index contributed by atoms with van der Waals surface area (Å²) in [6.45, 7) is 5.80. The third-order valence-electron chi connectivity index (χ3n) is 4.02. The average Bonchev–Trinajstić information content (AvgIpc) is 2.51. The van der Waals surface area contributed by atoms with Gasteiger partial charge < -0.3 is 14.4 Å². The zero-order valence-corrected chi connectivity index (χ0v) is 12.5. The van der Waals surface area contributed by atoms with Crippen LogP contribution in [0.4, 0.5) is 11.5 Å². The minimum atomic E-state index is -0.0127. The van der Waals surface area contributed by atoms with Crippen molar-refractivity contribution in [2.45, 2.75) is 6.92 Å². The standard InChI is InChI=1S/C16H20N4O/c1-13-5-3-4-6-14(13)19-7-9-20(10-8-19)15-11-16(21)18(2)12-17-15/h3-6,11-12H,7-10H2,1-2H3. The van der Waals surface area contributed by atoms with Crippen molar-refractivity contribution in [2.24, 2.45) is 7.05 Å². The quantitative estimate of drug-likeness (QED) is 0.836.